The normalized spacial score (nSPS) is 12.5. The molecule has 1 heterocycles. The zero-order chi connectivity index (χ0) is 14.3. The van der Waals surface area contributed by atoms with Crippen LogP contribution in [0.3, 0.4) is 0 Å². The third kappa shape index (κ3) is 6.24. The van der Waals surface area contributed by atoms with Crippen molar-refractivity contribution in [3.63, 3.8) is 0 Å². The van der Waals surface area contributed by atoms with Crippen molar-refractivity contribution in [2.24, 2.45) is 5.92 Å². The van der Waals surface area contributed by atoms with Crippen LogP contribution in [0.4, 0.5) is 5.13 Å². The molecule has 0 aliphatic carbocycles. The third-order valence-corrected chi connectivity index (χ3v) is 4.66. The highest BCUT2D eigenvalue weighted by atomic mass is 32.2. The second-order valence-corrected chi connectivity index (χ2v) is 6.89. The Morgan fingerprint density at radius 2 is 2.11 bits per heavy atom. The minimum absolute atomic E-state index is 0.0458. The fourth-order valence-electron chi connectivity index (χ4n) is 1.16. The number of amides is 1. The lowest BCUT2D eigenvalue weighted by molar-refractivity contribution is -0.119. The zero-order valence-electron chi connectivity index (χ0n) is 11.9. The summed E-state index contributed by atoms with van der Waals surface area (Å²) in [6.07, 6.45) is 1.05. The number of hydrogen-bond donors (Lipinski definition) is 2. The van der Waals surface area contributed by atoms with E-state index in [4.69, 9.17) is 0 Å². The molecule has 2 N–H and O–H groups in total. The van der Waals surface area contributed by atoms with E-state index in [0.29, 0.717) is 11.7 Å². The molecule has 0 aliphatic rings. The average molecular weight is 302 g/mol. The van der Waals surface area contributed by atoms with Crippen LogP contribution in [0.15, 0.2) is 4.34 Å². The lowest BCUT2D eigenvalue weighted by Crippen LogP contribution is -2.37. The van der Waals surface area contributed by atoms with Crippen molar-refractivity contribution in [1.82, 2.24) is 15.5 Å². The van der Waals surface area contributed by atoms with Crippen LogP contribution in [0.5, 0.6) is 0 Å². The summed E-state index contributed by atoms with van der Waals surface area (Å²) in [6, 6.07) is 0.198. The quantitative estimate of drug-likeness (QED) is 0.723. The summed E-state index contributed by atoms with van der Waals surface area (Å²) in [5, 5.41) is 15.0. The number of rotatable bonds is 8. The average Bonchev–Trinajstić information content (AvgIpc) is 2.81. The first-order chi connectivity index (χ1) is 9.02. The van der Waals surface area contributed by atoms with Crippen LogP contribution in [0.1, 0.15) is 34.1 Å². The molecule has 7 heteroatoms. The number of carbonyl (C=O) groups excluding carboxylic acids is 1. The van der Waals surface area contributed by atoms with E-state index >= 15 is 0 Å². The Kier molecular flexibility index (Phi) is 7.15. The van der Waals surface area contributed by atoms with E-state index < -0.39 is 0 Å². The first kappa shape index (κ1) is 16.2. The molecule has 0 saturated carbocycles. The van der Waals surface area contributed by atoms with Crippen LogP contribution < -0.4 is 10.6 Å². The summed E-state index contributed by atoms with van der Waals surface area (Å²) < 4.78 is 0.825. The molecule has 0 aromatic carbocycles. The van der Waals surface area contributed by atoms with Crippen molar-refractivity contribution in [3.05, 3.63) is 0 Å². The highest BCUT2D eigenvalue weighted by Gasteiger charge is 2.12. The number of hydrogen-bond acceptors (Lipinski definition) is 6. The van der Waals surface area contributed by atoms with Crippen LogP contribution in [0, 0.1) is 5.92 Å². The van der Waals surface area contributed by atoms with Crippen molar-refractivity contribution >= 4 is 34.1 Å². The molecule has 19 heavy (non-hydrogen) atoms. The van der Waals surface area contributed by atoms with E-state index in [1.54, 1.807) is 0 Å². The molecule has 5 nitrogen and oxygen atoms in total. The zero-order valence-corrected chi connectivity index (χ0v) is 13.5. The lowest BCUT2D eigenvalue weighted by atomic mass is 10.1. The molecule has 0 bridgehead atoms. The van der Waals surface area contributed by atoms with Gasteiger partial charge in [-0.1, -0.05) is 43.9 Å². The molecule has 1 aromatic rings. The fraction of sp³-hybridized carbons (Fsp3) is 0.750. The molecule has 0 saturated heterocycles. The van der Waals surface area contributed by atoms with E-state index in [1.807, 2.05) is 6.92 Å². The van der Waals surface area contributed by atoms with Crippen LogP contribution in [-0.4, -0.2) is 34.4 Å². The molecule has 108 valence electrons. The summed E-state index contributed by atoms with van der Waals surface area (Å²) in [5.74, 6) is 0.879. The highest BCUT2D eigenvalue weighted by Crippen LogP contribution is 2.25. The van der Waals surface area contributed by atoms with Gasteiger partial charge in [0.1, 0.15) is 0 Å². The van der Waals surface area contributed by atoms with Crippen molar-refractivity contribution in [2.75, 3.05) is 17.6 Å². The Balaban J connectivity index is 2.31. The number of nitrogens with one attached hydrogen (secondary N) is 2. The second-order valence-electron chi connectivity index (χ2n) is 4.69. The lowest BCUT2D eigenvalue weighted by Gasteiger charge is -2.16. The molecule has 1 rings (SSSR count). The number of carbonyl (C=O) groups is 1. The predicted molar refractivity (Wildman–Crippen MR) is 81.9 cm³/mol. The van der Waals surface area contributed by atoms with Gasteiger partial charge in [-0.05, 0) is 19.3 Å². The molecule has 0 aliphatic heterocycles. The summed E-state index contributed by atoms with van der Waals surface area (Å²) in [4.78, 5) is 11.7. The summed E-state index contributed by atoms with van der Waals surface area (Å²) in [6.45, 7) is 9.20. The monoisotopic (exact) mass is 302 g/mol. The smallest absolute Gasteiger partial charge is 0.230 e. The van der Waals surface area contributed by atoms with Gasteiger partial charge in [0.15, 0.2) is 4.34 Å². The summed E-state index contributed by atoms with van der Waals surface area (Å²) in [7, 11) is 0. The topological polar surface area (TPSA) is 66.9 Å². The standard InChI is InChI=1S/C12H22N4OS2/c1-5-6-13-11-15-16-12(19-11)18-7-10(17)14-9(4)8(2)3/h8-9H,5-7H2,1-4H3,(H,13,15)(H,14,17). The molecule has 1 unspecified atom stereocenters. The number of nitrogens with zero attached hydrogens (tertiary/aromatic N) is 2. The molecular formula is C12H22N4OS2. The largest absolute Gasteiger partial charge is 0.360 e. The van der Waals surface area contributed by atoms with E-state index in [9.17, 15) is 4.79 Å². The van der Waals surface area contributed by atoms with Crippen LogP contribution >= 0.6 is 23.1 Å². The molecular weight excluding hydrogens is 280 g/mol. The van der Waals surface area contributed by atoms with Gasteiger partial charge in [-0.3, -0.25) is 4.79 Å². The van der Waals surface area contributed by atoms with Crippen molar-refractivity contribution in [1.29, 1.82) is 0 Å². The Morgan fingerprint density at radius 1 is 1.37 bits per heavy atom. The van der Waals surface area contributed by atoms with Gasteiger partial charge in [-0.2, -0.15) is 0 Å². The van der Waals surface area contributed by atoms with Gasteiger partial charge in [-0.15, -0.1) is 10.2 Å². The van der Waals surface area contributed by atoms with Crippen LogP contribution in [-0.2, 0) is 4.79 Å². The SMILES string of the molecule is CCCNc1nnc(SCC(=O)NC(C)C(C)C)s1. The van der Waals surface area contributed by atoms with Gasteiger partial charge < -0.3 is 10.6 Å². The molecule has 1 aromatic heterocycles. The molecule has 0 spiro atoms. The van der Waals surface area contributed by atoms with Gasteiger partial charge in [0.05, 0.1) is 5.75 Å². The Bertz CT molecular complexity index is 395. The predicted octanol–water partition coefficient (Wildman–Crippen LogP) is 2.61. The minimum Gasteiger partial charge on any atom is -0.360 e. The van der Waals surface area contributed by atoms with E-state index in [-0.39, 0.29) is 11.9 Å². The number of aromatic nitrogens is 2. The Morgan fingerprint density at radius 3 is 2.74 bits per heavy atom. The van der Waals surface area contributed by atoms with Gasteiger partial charge in [0.25, 0.3) is 0 Å². The van der Waals surface area contributed by atoms with Crippen molar-refractivity contribution in [3.8, 4) is 0 Å². The first-order valence-corrected chi connectivity index (χ1v) is 8.32. The second kappa shape index (κ2) is 8.37. The van der Waals surface area contributed by atoms with Gasteiger partial charge >= 0.3 is 0 Å². The molecule has 0 fully saturated rings. The molecule has 0 radical (unpaired) electrons. The van der Waals surface area contributed by atoms with Gasteiger partial charge in [0, 0.05) is 12.6 Å². The van der Waals surface area contributed by atoms with Crippen molar-refractivity contribution < 1.29 is 4.79 Å². The molecule has 1 atom stereocenters. The minimum atomic E-state index is 0.0458. The van der Waals surface area contributed by atoms with E-state index in [0.717, 1.165) is 22.4 Å². The Hall–Kier alpha value is -0.820. The maximum atomic E-state index is 11.7. The Labute approximate surface area is 123 Å². The number of thioether (sulfide) groups is 1. The fourth-order valence-corrected chi connectivity index (χ4v) is 2.75. The van der Waals surface area contributed by atoms with Gasteiger partial charge in [-0.25, -0.2) is 0 Å². The van der Waals surface area contributed by atoms with E-state index in [1.165, 1.54) is 23.1 Å². The first-order valence-electron chi connectivity index (χ1n) is 6.52. The van der Waals surface area contributed by atoms with Gasteiger partial charge in [0.2, 0.25) is 11.0 Å². The van der Waals surface area contributed by atoms with E-state index in [2.05, 4.69) is 41.6 Å². The van der Waals surface area contributed by atoms with Crippen LogP contribution in [0.2, 0.25) is 0 Å². The third-order valence-electron chi connectivity index (χ3n) is 2.65. The maximum Gasteiger partial charge on any atom is 0.230 e. The summed E-state index contributed by atoms with van der Waals surface area (Å²) in [5.41, 5.74) is 0. The van der Waals surface area contributed by atoms with Crippen LogP contribution in [0.25, 0.3) is 0 Å². The molecule has 1 amide bonds. The highest BCUT2D eigenvalue weighted by molar-refractivity contribution is 8.01. The van der Waals surface area contributed by atoms with Crippen molar-refractivity contribution in [2.45, 2.75) is 44.5 Å². The number of anilines is 1. The summed E-state index contributed by atoms with van der Waals surface area (Å²) >= 11 is 2.92. The maximum absolute atomic E-state index is 11.7.